The molecule has 196 valence electrons. The molecule has 39 heavy (non-hydrogen) atoms. The van der Waals surface area contributed by atoms with Crippen molar-refractivity contribution in [3.8, 4) is 11.1 Å². The fourth-order valence-corrected chi connectivity index (χ4v) is 5.01. The number of aliphatic carboxylic acids is 1. The number of Topliss-reactive ketones (excluding diaryl/α,β-unsaturated/α-hetero) is 1. The lowest BCUT2D eigenvalue weighted by Gasteiger charge is -2.16. The van der Waals surface area contributed by atoms with Crippen LogP contribution in [0.2, 0.25) is 0 Å². The van der Waals surface area contributed by atoms with E-state index in [1.165, 1.54) is 0 Å². The summed E-state index contributed by atoms with van der Waals surface area (Å²) in [5.74, 6) is -1.82. The van der Waals surface area contributed by atoms with E-state index in [1.807, 2.05) is 97.1 Å². The van der Waals surface area contributed by atoms with Crippen LogP contribution < -0.4 is 5.32 Å². The molecule has 5 nitrogen and oxygen atoms in total. The number of carboxylic acids is 1. The number of anilines is 1. The lowest BCUT2D eigenvalue weighted by Crippen LogP contribution is -2.27. The molecular formula is C34H31NO4. The Balaban J connectivity index is 1.19. The van der Waals surface area contributed by atoms with E-state index in [9.17, 15) is 19.5 Å². The first kappa shape index (κ1) is 26.1. The zero-order valence-corrected chi connectivity index (χ0v) is 21.7. The van der Waals surface area contributed by atoms with Crippen LogP contribution in [0.15, 0.2) is 109 Å². The maximum Gasteiger partial charge on any atom is 0.306 e. The van der Waals surface area contributed by atoms with Gasteiger partial charge in [-0.25, -0.2) is 0 Å². The van der Waals surface area contributed by atoms with Crippen LogP contribution in [-0.2, 0) is 21.4 Å². The van der Waals surface area contributed by atoms with E-state index in [1.54, 1.807) is 12.1 Å². The molecule has 1 aliphatic rings. The monoisotopic (exact) mass is 517 g/mol. The van der Waals surface area contributed by atoms with Crippen molar-refractivity contribution in [1.29, 1.82) is 0 Å². The third-order valence-electron chi connectivity index (χ3n) is 7.60. The molecule has 1 saturated carbocycles. The van der Waals surface area contributed by atoms with Gasteiger partial charge in [0.2, 0.25) is 5.91 Å². The average Bonchev–Trinajstić information content (AvgIpc) is 3.79. The van der Waals surface area contributed by atoms with Crippen molar-refractivity contribution in [2.24, 2.45) is 5.92 Å². The van der Waals surface area contributed by atoms with E-state index in [2.05, 4.69) is 5.32 Å². The maximum absolute atomic E-state index is 13.0. The standard InChI is InChI=1S/C34H31NO4/c36-31(23-28(32(37)38)12-11-24-7-3-1-4-8-24)27-15-13-25(14-16-27)26-17-19-30(20-18-26)35-33(39)34(21-22-34)29-9-5-2-6-10-29/h1-10,13-20,28H,11-12,21-23H2,(H,35,39)(H,37,38). The number of ketones is 1. The van der Waals surface area contributed by atoms with Gasteiger partial charge in [-0.3, -0.25) is 14.4 Å². The summed E-state index contributed by atoms with van der Waals surface area (Å²) < 4.78 is 0. The van der Waals surface area contributed by atoms with Crippen LogP contribution in [0.4, 0.5) is 5.69 Å². The Bertz CT molecular complexity index is 1440. The maximum atomic E-state index is 13.0. The quantitative estimate of drug-likeness (QED) is 0.211. The Hall–Kier alpha value is -4.51. The molecule has 0 spiro atoms. The fourth-order valence-electron chi connectivity index (χ4n) is 5.01. The molecule has 4 aromatic rings. The summed E-state index contributed by atoms with van der Waals surface area (Å²) in [6.45, 7) is 0. The third-order valence-corrected chi connectivity index (χ3v) is 7.60. The minimum absolute atomic E-state index is 0.0211. The second kappa shape index (κ2) is 11.5. The summed E-state index contributed by atoms with van der Waals surface area (Å²) in [5, 5.41) is 12.7. The molecule has 5 heteroatoms. The summed E-state index contributed by atoms with van der Waals surface area (Å²) >= 11 is 0. The Labute approximate surface area is 228 Å². The Morgan fingerprint density at radius 3 is 1.87 bits per heavy atom. The number of carboxylic acid groups (broad SMARTS) is 1. The van der Waals surface area contributed by atoms with E-state index in [4.69, 9.17) is 0 Å². The number of amides is 1. The predicted octanol–water partition coefficient (Wildman–Crippen LogP) is 6.93. The number of benzene rings is 4. The van der Waals surface area contributed by atoms with Crippen molar-refractivity contribution in [3.63, 3.8) is 0 Å². The van der Waals surface area contributed by atoms with E-state index in [0.717, 1.165) is 40.8 Å². The molecule has 1 amide bonds. The Kier molecular flexibility index (Phi) is 7.69. The Morgan fingerprint density at radius 1 is 0.744 bits per heavy atom. The van der Waals surface area contributed by atoms with Gasteiger partial charge in [-0.15, -0.1) is 0 Å². The van der Waals surface area contributed by atoms with Gasteiger partial charge >= 0.3 is 5.97 Å². The van der Waals surface area contributed by atoms with Gasteiger partial charge in [0, 0.05) is 17.7 Å². The van der Waals surface area contributed by atoms with Gasteiger partial charge in [-0.2, -0.15) is 0 Å². The summed E-state index contributed by atoms with van der Waals surface area (Å²) in [4.78, 5) is 37.6. The van der Waals surface area contributed by atoms with Gasteiger partial charge in [0.1, 0.15) is 0 Å². The Morgan fingerprint density at radius 2 is 1.31 bits per heavy atom. The minimum atomic E-state index is -0.945. The van der Waals surface area contributed by atoms with Crippen LogP contribution in [-0.4, -0.2) is 22.8 Å². The van der Waals surface area contributed by atoms with E-state index < -0.39 is 17.3 Å². The highest BCUT2D eigenvalue weighted by molar-refractivity contribution is 6.01. The van der Waals surface area contributed by atoms with E-state index >= 15 is 0 Å². The lowest BCUT2D eigenvalue weighted by atomic mass is 9.92. The van der Waals surface area contributed by atoms with Gasteiger partial charge in [0.05, 0.1) is 11.3 Å². The zero-order valence-electron chi connectivity index (χ0n) is 21.7. The number of hydrogen-bond donors (Lipinski definition) is 2. The number of carbonyl (C=O) groups excluding carboxylic acids is 2. The SMILES string of the molecule is O=C(CC(CCc1ccccc1)C(=O)O)c1ccc(-c2ccc(NC(=O)C3(c4ccccc4)CC3)cc2)cc1. The third kappa shape index (κ3) is 6.15. The van der Waals surface area contributed by atoms with Gasteiger partial charge in [-0.1, -0.05) is 97.1 Å². The molecule has 5 rings (SSSR count). The lowest BCUT2D eigenvalue weighted by molar-refractivity contribution is -0.141. The first-order chi connectivity index (χ1) is 18.9. The highest BCUT2D eigenvalue weighted by atomic mass is 16.4. The van der Waals surface area contributed by atoms with E-state index in [0.29, 0.717) is 18.4 Å². The second-order valence-electron chi connectivity index (χ2n) is 10.2. The van der Waals surface area contributed by atoms with Crippen LogP contribution in [0, 0.1) is 5.92 Å². The van der Waals surface area contributed by atoms with Crippen molar-refractivity contribution in [2.45, 2.75) is 37.5 Å². The van der Waals surface area contributed by atoms with Crippen LogP contribution in [0.25, 0.3) is 11.1 Å². The summed E-state index contributed by atoms with van der Waals surface area (Å²) in [7, 11) is 0. The van der Waals surface area contributed by atoms with Crippen LogP contribution >= 0.6 is 0 Å². The van der Waals surface area contributed by atoms with Crippen molar-refractivity contribution < 1.29 is 19.5 Å². The van der Waals surface area contributed by atoms with Crippen LogP contribution in [0.5, 0.6) is 0 Å². The normalized spacial score (nSPS) is 14.3. The number of rotatable bonds is 11. The molecular weight excluding hydrogens is 486 g/mol. The largest absolute Gasteiger partial charge is 0.481 e. The molecule has 0 bridgehead atoms. The topological polar surface area (TPSA) is 83.5 Å². The van der Waals surface area contributed by atoms with Crippen LogP contribution in [0.3, 0.4) is 0 Å². The summed E-state index contributed by atoms with van der Waals surface area (Å²) in [5.41, 5.74) is 4.84. The molecule has 1 aliphatic carbocycles. The van der Waals surface area contributed by atoms with Crippen molar-refractivity contribution in [2.75, 3.05) is 5.32 Å². The molecule has 0 radical (unpaired) electrons. The molecule has 1 fully saturated rings. The van der Waals surface area contributed by atoms with Crippen molar-refractivity contribution in [1.82, 2.24) is 0 Å². The molecule has 4 aromatic carbocycles. The zero-order chi connectivity index (χ0) is 27.2. The second-order valence-corrected chi connectivity index (χ2v) is 10.2. The molecule has 0 saturated heterocycles. The molecule has 1 atom stereocenters. The molecule has 0 aliphatic heterocycles. The first-order valence-electron chi connectivity index (χ1n) is 13.3. The summed E-state index contributed by atoms with van der Waals surface area (Å²) in [6.07, 6.45) is 2.71. The number of nitrogens with one attached hydrogen (secondary N) is 1. The molecule has 1 unspecified atom stereocenters. The van der Waals surface area contributed by atoms with Gasteiger partial charge in [0.25, 0.3) is 0 Å². The predicted molar refractivity (Wildman–Crippen MR) is 153 cm³/mol. The average molecular weight is 518 g/mol. The number of aryl methyl sites for hydroxylation is 1. The first-order valence-corrected chi connectivity index (χ1v) is 13.3. The fraction of sp³-hybridized carbons (Fsp3) is 0.206. The highest BCUT2D eigenvalue weighted by Gasteiger charge is 2.51. The van der Waals surface area contributed by atoms with Gasteiger partial charge < -0.3 is 10.4 Å². The minimum Gasteiger partial charge on any atom is -0.481 e. The van der Waals surface area contributed by atoms with Gasteiger partial charge in [-0.05, 0) is 60.1 Å². The highest BCUT2D eigenvalue weighted by Crippen LogP contribution is 2.49. The molecule has 0 aromatic heterocycles. The van der Waals surface area contributed by atoms with Crippen LogP contribution in [0.1, 0.15) is 47.2 Å². The van der Waals surface area contributed by atoms with Crippen molar-refractivity contribution >= 4 is 23.3 Å². The molecule has 2 N–H and O–H groups in total. The molecule has 0 heterocycles. The number of carbonyl (C=O) groups is 3. The number of hydrogen-bond acceptors (Lipinski definition) is 3. The summed E-state index contributed by atoms with van der Waals surface area (Å²) in [6, 6.07) is 34.5. The smallest absolute Gasteiger partial charge is 0.306 e. The van der Waals surface area contributed by atoms with Gasteiger partial charge in [0.15, 0.2) is 5.78 Å². The van der Waals surface area contributed by atoms with Crippen molar-refractivity contribution in [3.05, 3.63) is 126 Å². The van der Waals surface area contributed by atoms with E-state index in [-0.39, 0.29) is 18.1 Å².